The van der Waals surface area contributed by atoms with Gasteiger partial charge >= 0.3 is 0 Å². The van der Waals surface area contributed by atoms with E-state index in [1.54, 1.807) is 30.5 Å². The number of rotatable bonds is 7. The van der Waals surface area contributed by atoms with Crippen LogP contribution in [0.3, 0.4) is 0 Å². The smallest absolute Gasteiger partial charge is 0.290 e. The molecule has 0 bridgehead atoms. The minimum Gasteiger partial charge on any atom is -0.467 e. The molecule has 2 aromatic heterocycles. The molecule has 1 aliphatic heterocycles. The van der Waals surface area contributed by atoms with Crippen LogP contribution in [-0.4, -0.2) is 49.5 Å². The Hall–Kier alpha value is -2.84. The van der Waals surface area contributed by atoms with Crippen molar-refractivity contribution in [2.24, 2.45) is 0 Å². The molecule has 0 aliphatic carbocycles. The number of furan rings is 2. The molecule has 1 amide bonds. The first-order chi connectivity index (χ1) is 14.9. The van der Waals surface area contributed by atoms with Gasteiger partial charge in [-0.05, 0) is 48.7 Å². The SMILES string of the molecule is CS(=O)(=O)c1ccccc1CN1CCC(N(Cc2ccco2)C(=O)c2ccco2)CC1. The first-order valence-electron chi connectivity index (χ1n) is 10.3. The van der Waals surface area contributed by atoms with Gasteiger partial charge in [0.25, 0.3) is 5.91 Å². The van der Waals surface area contributed by atoms with Crippen molar-refractivity contribution in [3.05, 3.63) is 78.1 Å². The van der Waals surface area contributed by atoms with Crippen LogP contribution in [0.2, 0.25) is 0 Å². The Balaban J connectivity index is 1.45. The summed E-state index contributed by atoms with van der Waals surface area (Å²) < 4.78 is 35.0. The maximum atomic E-state index is 13.1. The average Bonchev–Trinajstić information content (AvgIpc) is 3.46. The predicted molar refractivity (Wildman–Crippen MR) is 115 cm³/mol. The second kappa shape index (κ2) is 9.11. The Kier molecular flexibility index (Phi) is 6.29. The summed E-state index contributed by atoms with van der Waals surface area (Å²) in [6.07, 6.45) is 5.92. The fourth-order valence-electron chi connectivity index (χ4n) is 4.11. The number of sulfone groups is 1. The van der Waals surface area contributed by atoms with Gasteiger partial charge in [0.2, 0.25) is 0 Å². The topological polar surface area (TPSA) is 84.0 Å². The molecule has 0 atom stereocenters. The maximum absolute atomic E-state index is 13.1. The van der Waals surface area contributed by atoms with E-state index in [-0.39, 0.29) is 11.9 Å². The molecule has 8 heteroatoms. The van der Waals surface area contributed by atoms with Crippen molar-refractivity contribution in [2.75, 3.05) is 19.3 Å². The van der Waals surface area contributed by atoms with Crippen LogP contribution in [0.4, 0.5) is 0 Å². The van der Waals surface area contributed by atoms with Gasteiger partial charge in [-0.3, -0.25) is 9.69 Å². The first-order valence-corrected chi connectivity index (χ1v) is 12.2. The highest BCUT2D eigenvalue weighted by molar-refractivity contribution is 7.90. The van der Waals surface area contributed by atoms with Gasteiger partial charge in [0.05, 0.1) is 24.0 Å². The van der Waals surface area contributed by atoms with E-state index < -0.39 is 9.84 Å². The fourth-order valence-corrected chi connectivity index (χ4v) is 5.04. The second-order valence-corrected chi connectivity index (χ2v) is 9.86. The number of benzene rings is 1. The molecule has 0 spiro atoms. The molecule has 3 heterocycles. The van der Waals surface area contributed by atoms with E-state index in [9.17, 15) is 13.2 Å². The number of piperidine rings is 1. The molecule has 0 N–H and O–H groups in total. The number of hydrogen-bond donors (Lipinski definition) is 0. The lowest BCUT2D eigenvalue weighted by Crippen LogP contribution is -2.46. The summed E-state index contributed by atoms with van der Waals surface area (Å²) in [5.74, 6) is 0.891. The molecule has 0 radical (unpaired) electrons. The lowest BCUT2D eigenvalue weighted by atomic mass is 10.0. The Morgan fingerprint density at radius 1 is 1.03 bits per heavy atom. The van der Waals surface area contributed by atoms with E-state index in [0.29, 0.717) is 23.7 Å². The molecule has 31 heavy (non-hydrogen) atoms. The van der Waals surface area contributed by atoms with Crippen molar-refractivity contribution in [1.82, 2.24) is 9.80 Å². The van der Waals surface area contributed by atoms with Crippen molar-refractivity contribution >= 4 is 15.7 Å². The standard InChI is InChI=1S/C23H26N2O5S/c1-31(27,28)22-9-3-2-6-18(22)16-24-12-10-19(11-13-24)25(17-20-7-4-14-29-20)23(26)21-8-5-15-30-21/h2-9,14-15,19H,10-13,16-17H2,1H3. The third-order valence-electron chi connectivity index (χ3n) is 5.66. The second-order valence-electron chi connectivity index (χ2n) is 7.88. The normalized spacial score (nSPS) is 15.8. The zero-order valence-corrected chi connectivity index (χ0v) is 18.3. The van der Waals surface area contributed by atoms with Gasteiger partial charge in [-0.1, -0.05) is 18.2 Å². The molecule has 3 aromatic rings. The summed E-state index contributed by atoms with van der Waals surface area (Å²) in [4.78, 5) is 17.5. The van der Waals surface area contributed by atoms with Crippen molar-refractivity contribution in [2.45, 2.75) is 36.9 Å². The van der Waals surface area contributed by atoms with Gasteiger partial charge in [0, 0.05) is 31.9 Å². The van der Waals surface area contributed by atoms with Crippen LogP contribution in [0.15, 0.2) is 74.8 Å². The largest absolute Gasteiger partial charge is 0.467 e. The van der Waals surface area contributed by atoms with Gasteiger partial charge in [-0.15, -0.1) is 0 Å². The van der Waals surface area contributed by atoms with Crippen molar-refractivity contribution in [3.63, 3.8) is 0 Å². The molecule has 4 rings (SSSR count). The number of carbonyl (C=O) groups excluding carboxylic acids is 1. The summed E-state index contributed by atoms with van der Waals surface area (Å²) in [6.45, 7) is 2.49. The van der Waals surface area contributed by atoms with Gasteiger partial charge in [0.15, 0.2) is 15.6 Å². The Morgan fingerprint density at radius 2 is 1.74 bits per heavy atom. The van der Waals surface area contributed by atoms with Crippen LogP contribution in [0, 0.1) is 0 Å². The van der Waals surface area contributed by atoms with E-state index in [0.717, 1.165) is 37.3 Å². The average molecular weight is 443 g/mol. The number of likely N-dealkylation sites (tertiary alicyclic amines) is 1. The van der Waals surface area contributed by atoms with Gasteiger partial charge in [0.1, 0.15) is 5.76 Å². The third kappa shape index (κ3) is 5.08. The van der Waals surface area contributed by atoms with Crippen molar-refractivity contribution < 1.29 is 22.0 Å². The number of hydrogen-bond acceptors (Lipinski definition) is 6. The Bertz CT molecular complexity index is 1100. The van der Waals surface area contributed by atoms with Crippen molar-refractivity contribution in [3.8, 4) is 0 Å². The number of carbonyl (C=O) groups is 1. The summed E-state index contributed by atoms with van der Waals surface area (Å²) >= 11 is 0. The quantitative estimate of drug-likeness (QED) is 0.556. The minimum atomic E-state index is -3.27. The zero-order valence-electron chi connectivity index (χ0n) is 17.4. The van der Waals surface area contributed by atoms with E-state index >= 15 is 0 Å². The molecule has 7 nitrogen and oxygen atoms in total. The van der Waals surface area contributed by atoms with E-state index in [2.05, 4.69) is 4.90 Å². The summed E-state index contributed by atoms with van der Waals surface area (Å²) in [6, 6.07) is 14.2. The van der Waals surface area contributed by atoms with E-state index in [1.165, 1.54) is 12.5 Å². The van der Waals surface area contributed by atoms with Gasteiger partial charge in [-0.2, -0.15) is 0 Å². The molecular formula is C23H26N2O5S. The predicted octanol–water partition coefficient (Wildman–Crippen LogP) is 3.58. The highest BCUT2D eigenvalue weighted by Gasteiger charge is 2.31. The summed E-state index contributed by atoms with van der Waals surface area (Å²) in [7, 11) is -3.27. The maximum Gasteiger partial charge on any atom is 0.290 e. The molecule has 164 valence electrons. The molecule has 0 unspecified atom stereocenters. The lowest BCUT2D eigenvalue weighted by Gasteiger charge is -2.38. The molecule has 1 fully saturated rings. The van der Waals surface area contributed by atoms with Gasteiger partial charge < -0.3 is 13.7 Å². The highest BCUT2D eigenvalue weighted by Crippen LogP contribution is 2.24. The number of amides is 1. The molecule has 1 saturated heterocycles. The van der Waals surface area contributed by atoms with Crippen LogP contribution < -0.4 is 0 Å². The Labute approximate surface area is 182 Å². The van der Waals surface area contributed by atoms with Crippen LogP contribution >= 0.6 is 0 Å². The molecule has 1 aliphatic rings. The monoisotopic (exact) mass is 442 g/mol. The minimum absolute atomic E-state index is 0.0455. The fraction of sp³-hybridized carbons (Fsp3) is 0.348. The van der Waals surface area contributed by atoms with E-state index in [1.807, 2.05) is 29.2 Å². The highest BCUT2D eigenvalue weighted by atomic mass is 32.2. The molecular weight excluding hydrogens is 416 g/mol. The number of nitrogens with zero attached hydrogens (tertiary/aromatic N) is 2. The summed E-state index contributed by atoms with van der Waals surface area (Å²) in [5.41, 5.74) is 0.808. The lowest BCUT2D eigenvalue weighted by molar-refractivity contribution is 0.0493. The van der Waals surface area contributed by atoms with Crippen LogP contribution in [0.5, 0.6) is 0 Å². The van der Waals surface area contributed by atoms with Gasteiger partial charge in [-0.25, -0.2) is 8.42 Å². The van der Waals surface area contributed by atoms with E-state index in [4.69, 9.17) is 8.83 Å². The summed E-state index contributed by atoms with van der Waals surface area (Å²) in [5, 5.41) is 0. The Morgan fingerprint density at radius 3 is 2.39 bits per heavy atom. The zero-order chi connectivity index (χ0) is 21.8. The van der Waals surface area contributed by atoms with Crippen LogP contribution in [0.1, 0.15) is 34.7 Å². The van der Waals surface area contributed by atoms with Crippen LogP contribution in [0.25, 0.3) is 0 Å². The van der Waals surface area contributed by atoms with Crippen LogP contribution in [-0.2, 0) is 22.9 Å². The van der Waals surface area contributed by atoms with Crippen molar-refractivity contribution in [1.29, 1.82) is 0 Å². The molecule has 0 saturated carbocycles. The first kappa shape index (κ1) is 21.4. The third-order valence-corrected chi connectivity index (χ3v) is 6.86. The molecule has 1 aromatic carbocycles.